The fourth-order valence-corrected chi connectivity index (χ4v) is 2.10. The molecular weight excluding hydrogens is 270 g/mol. The summed E-state index contributed by atoms with van der Waals surface area (Å²) >= 11 is 0. The van der Waals surface area contributed by atoms with E-state index in [1.807, 2.05) is 32.9 Å². The number of β-amino-alcohol motifs (C(OH)–C–C–N with tert-alkyl or cyclic N) is 1. The number of piperidine rings is 1. The van der Waals surface area contributed by atoms with Gasteiger partial charge >= 0.3 is 0 Å². The van der Waals surface area contributed by atoms with Crippen molar-refractivity contribution in [1.82, 2.24) is 5.32 Å². The normalized spacial score (nSPS) is 21.9. The van der Waals surface area contributed by atoms with E-state index in [9.17, 15) is 9.90 Å². The summed E-state index contributed by atoms with van der Waals surface area (Å²) in [6.07, 6.45) is 0.639. The van der Waals surface area contributed by atoms with Gasteiger partial charge in [0.1, 0.15) is 11.4 Å². The molecule has 3 N–H and O–H groups in total. The molecule has 1 saturated heterocycles. The maximum atomic E-state index is 9.77. The van der Waals surface area contributed by atoms with Crippen LogP contribution >= 0.6 is 0 Å². The number of nitrogens with one attached hydrogen (secondary N) is 1. The van der Waals surface area contributed by atoms with Crippen LogP contribution in [0.2, 0.25) is 0 Å². The molecule has 2 rings (SSSR count). The molecule has 0 spiro atoms. The van der Waals surface area contributed by atoms with Crippen molar-refractivity contribution >= 4 is 6.47 Å². The highest BCUT2D eigenvalue weighted by Crippen LogP contribution is 2.26. The summed E-state index contributed by atoms with van der Waals surface area (Å²) in [5.74, 6) is 0.481. The van der Waals surface area contributed by atoms with Crippen LogP contribution in [0.1, 0.15) is 38.7 Å². The van der Waals surface area contributed by atoms with E-state index in [4.69, 9.17) is 5.11 Å². The number of hydrogen-bond donors (Lipinski definition) is 3. The summed E-state index contributed by atoms with van der Waals surface area (Å²) in [7, 11) is 0. The van der Waals surface area contributed by atoms with Crippen LogP contribution in [0, 0.1) is 0 Å². The van der Waals surface area contributed by atoms with Gasteiger partial charge in [0, 0.05) is 12.5 Å². The zero-order chi connectivity index (χ0) is 15.9. The molecule has 21 heavy (non-hydrogen) atoms. The van der Waals surface area contributed by atoms with Crippen molar-refractivity contribution in [3.8, 4) is 5.75 Å². The molecule has 0 aliphatic carbocycles. The van der Waals surface area contributed by atoms with Crippen LogP contribution in [0.25, 0.3) is 0 Å². The standard InChI is InChI=1S/C11H15NO2.C5H10O2/c13-9-3-1-8(2-4-9)10-5-6-12-7-11(10)14;1-5(2,3)7-4-6/h1-4,10-14H,5-7H2;4H,1-3H3/t10-,11+;/m0./s1. The van der Waals surface area contributed by atoms with Crippen LogP contribution in [0.15, 0.2) is 24.3 Å². The third-order valence-electron chi connectivity index (χ3n) is 3.17. The first-order valence-electron chi connectivity index (χ1n) is 7.12. The Hall–Kier alpha value is -1.59. The van der Waals surface area contributed by atoms with Gasteiger partial charge in [-0.05, 0) is 51.4 Å². The van der Waals surface area contributed by atoms with Crippen molar-refractivity contribution < 1.29 is 19.7 Å². The third-order valence-corrected chi connectivity index (χ3v) is 3.17. The van der Waals surface area contributed by atoms with E-state index in [2.05, 4.69) is 10.1 Å². The number of rotatable bonds is 2. The zero-order valence-corrected chi connectivity index (χ0v) is 12.9. The predicted molar refractivity (Wildman–Crippen MR) is 81.2 cm³/mol. The minimum Gasteiger partial charge on any atom is -0.508 e. The summed E-state index contributed by atoms with van der Waals surface area (Å²) < 4.78 is 4.55. The quantitative estimate of drug-likeness (QED) is 0.725. The lowest BCUT2D eigenvalue weighted by Crippen LogP contribution is -2.39. The SMILES string of the molecule is CC(C)(C)OC=O.Oc1ccc([C@@H]2CCNC[C@H]2O)cc1. The van der Waals surface area contributed by atoms with Crippen molar-refractivity contribution in [3.63, 3.8) is 0 Å². The number of aliphatic hydroxyl groups is 1. The summed E-state index contributed by atoms with van der Waals surface area (Å²) in [6, 6.07) is 7.11. The highest BCUT2D eigenvalue weighted by Gasteiger charge is 2.23. The number of hydrogen-bond acceptors (Lipinski definition) is 5. The molecule has 0 unspecified atom stereocenters. The van der Waals surface area contributed by atoms with Gasteiger partial charge in [0.25, 0.3) is 6.47 Å². The minimum absolute atomic E-state index is 0.205. The summed E-state index contributed by atoms with van der Waals surface area (Å²) in [5.41, 5.74) is 0.790. The smallest absolute Gasteiger partial charge is 0.293 e. The molecule has 118 valence electrons. The van der Waals surface area contributed by atoms with E-state index in [0.717, 1.165) is 18.5 Å². The van der Waals surface area contributed by atoms with Gasteiger partial charge in [-0.2, -0.15) is 0 Å². The van der Waals surface area contributed by atoms with Gasteiger partial charge in [-0.15, -0.1) is 0 Å². The lowest BCUT2D eigenvalue weighted by molar-refractivity contribution is -0.138. The second kappa shape index (κ2) is 8.00. The van der Waals surface area contributed by atoms with Gasteiger partial charge in [-0.25, -0.2) is 0 Å². The first-order valence-corrected chi connectivity index (χ1v) is 7.12. The van der Waals surface area contributed by atoms with Crippen LogP contribution < -0.4 is 5.32 Å². The lowest BCUT2D eigenvalue weighted by atomic mass is 9.88. The van der Waals surface area contributed by atoms with E-state index in [1.54, 1.807) is 12.1 Å². The number of carbonyl (C=O) groups excluding carboxylic acids is 1. The maximum absolute atomic E-state index is 9.77. The molecule has 2 atom stereocenters. The van der Waals surface area contributed by atoms with Crippen LogP contribution in [-0.2, 0) is 9.53 Å². The molecule has 5 nitrogen and oxygen atoms in total. The number of phenols is 1. The van der Waals surface area contributed by atoms with Crippen molar-refractivity contribution in [1.29, 1.82) is 0 Å². The van der Waals surface area contributed by atoms with Gasteiger partial charge in [-0.1, -0.05) is 12.1 Å². The largest absolute Gasteiger partial charge is 0.508 e. The van der Waals surface area contributed by atoms with Crippen LogP contribution in [0.4, 0.5) is 0 Å². The first-order chi connectivity index (χ1) is 9.83. The first kappa shape index (κ1) is 17.5. The minimum atomic E-state index is -0.318. The molecule has 0 radical (unpaired) electrons. The lowest BCUT2D eigenvalue weighted by Gasteiger charge is -2.28. The Kier molecular flexibility index (Phi) is 6.65. The number of carbonyl (C=O) groups is 1. The maximum Gasteiger partial charge on any atom is 0.293 e. The molecule has 5 heteroatoms. The molecule has 1 aromatic carbocycles. The Morgan fingerprint density at radius 1 is 1.29 bits per heavy atom. The van der Waals surface area contributed by atoms with Crippen LogP contribution in [0.3, 0.4) is 0 Å². The van der Waals surface area contributed by atoms with Crippen LogP contribution in [-0.4, -0.2) is 41.5 Å². The number of benzene rings is 1. The zero-order valence-electron chi connectivity index (χ0n) is 12.9. The Bertz CT molecular complexity index is 425. The Balaban J connectivity index is 0.000000270. The van der Waals surface area contributed by atoms with Gasteiger partial charge < -0.3 is 20.3 Å². The van der Waals surface area contributed by atoms with Crippen molar-refractivity contribution in [2.45, 2.75) is 44.8 Å². The van der Waals surface area contributed by atoms with Crippen LogP contribution in [0.5, 0.6) is 5.75 Å². The Morgan fingerprint density at radius 2 is 1.90 bits per heavy atom. The molecule has 1 aliphatic heterocycles. The number of phenolic OH excluding ortho intramolecular Hbond substituents is 1. The second-order valence-electron chi connectivity index (χ2n) is 6.08. The topological polar surface area (TPSA) is 78.8 Å². The molecule has 0 saturated carbocycles. The molecule has 0 aromatic heterocycles. The van der Waals surface area contributed by atoms with E-state index in [-0.39, 0.29) is 23.4 Å². The highest BCUT2D eigenvalue weighted by atomic mass is 16.5. The third kappa shape index (κ3) is 6.60. The number of ether oxygens (including phenoxy) is 1. The van der Waals surface area contributed by atoms with Gasteiger partial charge in [-0.3, -0.25) is 4.79 Å². The summed E-state index contributed by atoms with van der Waals surface area (Å²) in [5, 5.41) is 22.1. The molecule has 0 amide bonds. The fraction of sp³-hybridized carbons (Fsp3) is 0.562. The Labute approximate surface area is 125 Å². The predicted octanol–water partition coefficient (Wildman–Crippen LogP) is 1.79. The van der Waals surface area contributed by atoms with E-state index in [1.165, 1.54) is 0 Å². The van der Waals surface area contributed by atoms with Gasteiger partial charge in [0.05, 0.1) is 6.10 Å². The van der Waals surface area contributed by atoms with Crippen molar-refractivity contribution in [3.05, 3.63) is 29.8 Å². The summed E-state index contributed by atoms with van der Waals surface area (Å²) in [6.45, 7) is 7.53. The summed E-state index contributed by atoms with van der Waals surface area (Å²) in [4.78, 5) is 9.60. The average molecular weight is 295 g/mol. The fourth-order valence-electron chi connectivity index (χ4n) is 2.10. The van der Waals surface area contributed by atoms with Gasteiger partial charge in [0.15, 0.2) is 0 Å². The molecule has 1 fully saturated rings. The second-order valence-corrected chi connectivity index (χ2v) is 6.08. The number of aromatic hydroxyl groups is 1. The molecule has 0 bridgehead atoms. The van der Waals surface area contributed by atoms with E-state index >= 15 is 0 Å². The highest BCUT2D eigenvalue weighted by molar-refractivity contribution is 5.37. The Morgan fingerprint density at radius 3 is 2.33 bits per heavy atom. The molecule has 1 heterocycles. The van der Waals surface area contributed by atoms with E-state index < -0.39 is 0 Å². The number of aliphatic hydroxyl groups excluding tert-OH is 1. The average Bonchev–Trinajstić information content (AvgIpc) is 2.40. The van der Waals surface area contributed by atoms with Gasteiger partial charge in [0.2, 0.25) is 0 Å². The molecular formula is C16H25NO4. The monoisotopic (exact) mass is 295 g/mol. The molecule has 1 aliphatic rings. The molecule has 1 aromatic rings. The van der Waals surface area contributed by atoms with Crippen molar-refractivity contribution in [2.75, 3.05) is 13.1 Å². The van der Waals surface area contributed by atoms with Crippen molar-refractivity contribution in [2.24, 2.45) is 0 Å². The van der Waals surface area contributed by atoms with E-state index in [0.29, 0.717) is 13.0 Å².